The fraction of sp³-hybridized carbons (Fsp3) is 0.259. The topological polar surface area (TPSA) is 151 Å². The Balaban J connectivity index is 0.00000220. The van der Waals surface area contributed by atoms with E-state index in [0.29, 0.717) is 22.7 Å². The first-order chi connectivity index (χ1) is 18.1. The molecule has 3 aromatic rings. The summed E-state index contributed by atoms with van der Waals surface area (Å²) in [5, 5.41) is 21.2. The van der Waals surface area contributed by atoms with Gasteiger partial charge in [0, 0.05) is 8.54 Å². The van der Waals surface area contributed by atoms with E-state index in [1.807, 2.05) is 48.0 Å². The number of anilines is 1. The summed E-state index contributed by atoms with van der Waals surface area (Å²) in [6.07, 6.45) is 1.44. The van der Waals surface area contributed by atoms with Crippen LogP contribution in [0, 0.1) is 6.92 Å². The number of hydrogen-bond donors (Lipinski definition) is 4. The van der Waals surface area contributed by atoms with Crippen molar-refractivity contribution in [1.82, 2.24) is 4.72 Å². The molecule has 3 aromatic carbocycles. The number of benzene rings is 3. The van der Waals surface area contributed by atoms with Crippen LogP contribution in [0.5, 0.6) is 11.5 Å². The number of hydrogen-bond acceptors (Lipinski definition) is 7. The van der Waals surface area contributed by atoms with E-state index in [9.17, 15) is 18.0 Å². The molecule has 0 saturated heterocycles. The van der Waals surface area contributed by atoms with Crippen molar-refractivity contribution in [2.24, 2.45) is 0 Å². The normalized spacial score (nSPS) is 16.1. The number of aliphatic hydroxyl groups excluding tert-OH is 1. The minimum absolute atomic E-state index is 0. The maximum Gasteiger partial charge on any atom is 0.324 e. The molecule has 0 aromatic heterocycles. The fourth-order valence-electron chi connectivity index (χ4n) is 4.46. The SMILES string of the molecule is Cc1ccc(NC(=O)C2(c3ccc4c(c3)OCO4)CC2)cc1-c1ccc(S(=O)(=O)N[C@@H](CO)C(=O)O)cc1.[HH].[HH]. The van der Waals surface area contributed by atoms with Gasteiger partial charge in [0.15, 0.2) is 11.5 Å². The van der Waals surface area contributed by atoms with Gasteiger partial charge in [-0.25, -0.2) is 8.42 Å². The first-order valence-electron chi connectivity index (χ1n) is 11.9. The standard InChI is InChI=1S/C27H26N2O8S.2H2/c1-16-2-6-19(28-26(33)27(10-11-27)18-5-9-23-24(12-18)37-15-36-23)13-21(16)17-3-7-20(8-4-17)38(34,35)29-22(14-30)25(31)32;;/h2-9,12-13,22,29-30H,10-11,14-15H2,1H3,(H,28,33)(H,31,32);2*1H/t22-;;/m0../s1. The van der Waals surface area contributed by atoms with Crippen LogP contribution in [-0.2, 0) is 25.0 Å². The Morgan fingerprint density at radius 1 is 1.03 bits per heavy atom. The van der Waals surface area contributed by atoms with Crippen molar-refractivity contribution in [3.8, 4) is 22.6 Å². The molecule has 1 aliphatic carbocycles. The summed E-state index contributed by atoms with van der Waals surface area (Å²) in [7, 11) is -4.15. The van der Waals surface area contributed by atoms with Crippen LogP contribution < -0.4 is 19.5 Å². The van der Waals surface area contributed by atoms with Crippen molar-refractivity contribution in [2.75, 3.05) is 18.7 Å². The Bertz CT molecular complexity index is 1530. The molecule has 0 spiro atoms. The van der Waals surface area contributed by atoms with Crippen LogP contribution in [0.2, 0.25) is 0 Å². The highest BCUT2D eigenvalue weighted by atomic mass is 32.2. The summed E-state index contributed by atoms with van der Waals surface area (Å²) in [6, 6.07) is 15.4. The number of rotatable bonds is 9. The van der Waals surface area contributed by atoms with Gasteiger partial charge in [-0.15, -0.1) is 0 Å². The molecule has 1 amide bonds. The Labute approximate surface area is 222 Å². The van der Waals surface area contributed by atoms with Crippen molar-refractivity contribution in [1.29, 1.82) is 0 Å². The zero-order chi connectivity index (χ0) is 27.1. The molecule has 1 atom stereocenters. The van der Waals surface area contributed by atoms with Gasteiger partial charge in [-0.3, -0.25) is 9.59 Å². The number of sulfonamides is 1. The van der Waals surface area contributed by atoms with E-state index in [-0.39, 0.29) is 20.4 Å². The molecule has 38 heavy (non-hydrogen) atoms. The van der Waals surface area contributed by atoms with Crippen LogP contribution >= 0.6 is 0 Å². The fourth-order valence-corrected chi connectivity index (χ4v) is 5.64. The number of fused-ring (bicyclic) bond motifs is 1. The number of nitrogens with one attached hydrogen (secondary N) is 2. The van der Waals surface area contributed by atoms with E-state index in [1.54, 1.807) is 12.1 Å². The number of ether oxygens (including phenoxy) is 2. The van der Waals surface area contributed by atoms with Crippen LogP contribution in [-0.4, -0.2) is 49.9 Å². The number of carbonyl (C=O) groups is 2. The molecule has 1 aliphatic heterocycles. The molecule has 4 N–H and O–H groups in total. The maximum absolute atomic E-state index is 13.3. The number of amides is 1. The van der Waals surface area contributed by atoms with E-state index in [4.69, 9.17) is 19.7 Å². The zero-order valence-electron chi connectivity index (χ0n) is 20.4. The lowest BCUT2D eigenvalue weighted by Gasteiger charge is -2.17. The molecule has 202 valence electrons. The molecule has 10 nitrogen and oxygen atoms in total. The molecule has 0 bridgehead atoms. The highest BCUT2D eigenvalue weighted by molar-refractivity contribution is 7.89. The van der Waals surface area contributed by atoms with Crippen LogP contribution in [0.1, 0.15) is 26.8 Å². The lowest BCUT2D eigenvalue weighted by atomic mass is 9.94. The quantitative estimate of drug-likeness (QED) is 0.322. The second-order valence-corrected chi connectivity index (χ2v) is 11.1. The van der Waals surface area contributed by atoms with Crippen molar-refractivity contribution in [3.63, 3.8) is 0 Å². The molecular formula is C27H30N2O8S. The van der Waals surface area contributed by atoms with Crippen molar-refractivity contribution < 1.29 is 40.5 Å². The maximum atomic E-state index is 13.3. The van der Waals surface area contributed by atoms with Crippen LogP contribution in [0.25, 0.3) is 11.1 Å². The second-order valence-electron chi connectivity index (χ2n) is 9.35. The number of aliphatic hydroxyl groups is 1. The first kappa shape index (κ1) is 25.7. The molecule has 5 rings (SSSR count). The lowest BCUT2D eigenvalue weighted by Crippen LogP contribution is -2.43. The highest BCUT2D eigenvalue weighted by Gasteiger charge is 2.51. The Morgan fingerprint density at radius 3 is 2.39 bits per heavy atom. The third kappa shape index (κ3) is 4.83. The number of carbonyl (C=O) groups excluding carboxylic acids is 1. The summed E-state index contributed by atoms with van der Waals surface area (Å²) in [6.45, 7) is 1.19. The van der Waals surface area contributed by atoms with Gasteiger partial charge in [0.2, 0.25) is 22.7 Å². The molecule has 1 saturated carbocycles. The number of aliphatic carboxylic acids is 1. The summed E-state index contributed by atoms with van der Waals surface area (Å²) in [5.74, 6) is -0.295. The monoisotopic (exact) mass is 542 g/mol. The summed E-state index contributed by atoms with van der Waals surface area (Å²) < 4.78 is 37.9. The van der Waals surface area contributed by atoms with Crippen molar-refractivity contribution >= 4 is 27.6 Å². The van der Waals surface area contributed by atoms with Gasteiger partial charge in [-0.05, 0) is 78.4 Å². The van der Waals surface area contributed by atoms with Gasteiger partial charge >= 0.3 is 5.97 Å². The van der Waals surface area contributed by atoms with E-state index >= 15 is 0 Å². The number of carboxylic acid groups (broad SMARTS) is 1. The Kier molecular flexibility index (Phi) is 6.59. The smallest absolute Gasteiger partial charge is 0.324 e. The van der Waals surface area contributed by atoms with Crippen LogP contribution in [0.3, 0.4) is 0 Å². The minimum Gasteiger partial charge on any atom is -0.480 e. The largest absolute Gasteiger partial charge is 0.480 e. The predicted octanol–water partition coefficient (Wildman–Crippen LogP) is 3.28. The minimum atomic E-state index is -4.15. The van der Waals surface area contributed by atoms with Gasteiger partial charge in [0.1, 0.15) is 6.04 Å². The molecule has 11 heteroatoms. The number of aryl methyl sites for hydroxylation is 1. The second kappa shape index (κ2) is 9.75. The van der Waals surface area contributed by atoms with Crippen molar-refractivity contribution in [2.45, 2.75) is 36.1 Å². The average molecular weight is 543 g/mol. The average Bonchev–Trinajstić information content (AvgIpc) is 3.59. The molecule has 1 fully saturated rings. The Morgan fingerprint density at radius 2 is 1.74 bits per heavy atom. The molecule has 0 unspecified atom stereocenters. The van der Waals surface area contributed by atoms with Gasteiger partial charge in [0.05, 0.1) is 16.9 Å². The summed E-state index contributed by atoms with van der Waals surface area (Å²) in [5.41, 5.74) is 3.28. The molecule has 1 heterocycles. The van der Waals surface area contributed by atoms with E-state index in [1.165, 1.54) is 12.1 Å². The zero-order valence-corrected chi connectivity index (χ0v) is 21.2. The predicted molar refractivity (Wildman–Crippen MR) is 142 cm³/mol. The summed E-state index contributed by atoms with van der Waals surface area (Å²) in [4.78, 5) is 24.3. The van der Waals surface area contributed by atoms with E-state index in [0.717, 1.165) is 29.5 Å². The van der Waals surface area contributed by atoms with Gasteiger partial charge in [-0.1, -0.05) is 24.3 Å². The summed E-state index contributed by atoms with van der Waals surface area (Å²) >= 11 is 0. The molecular weight excluding hydrogens is 512 g/mol. The first-order valence-corrected chi connectivity index (χ1v) is 13.4. The number of carboxylic acids is 1. The van der Waals surface area contributed by atoms with Gasteiger partial charge in [-0.2, -0.15) is 4.72 Å². The highest BCUT2D eigenvalue weighted by Crippen LogP contribution is 2.51. The van der Waals surface area contributed by atoms with E-state index in [2.05, 4.69) is 5.32 Å². The molecule has 0 radical (unpaired) electrons. The van der Waals surface area contributed by atoms with Crippen LogP contribution in [0.15, 0.2) is 65.6 Å². The molecule has 2 aliphatic rings. The van der Waals surface area contributed by atoms with E-state index < -0.39 is 34.1 Å². The van der Waals surface area contributed by atoms with Crippen LogP contribution in [0.4, 0.5) is 5.69 Å². The third-order valence-electron chi connectivity index (χ3n) is 6.86. The third-order valence-corrected chi connectivity index (χ3v) is 8.35. The van der Waals surface area contributed by atoms with Gasteiger partial charge < -0.3 is 25.0 Å². The lowest BCUT2D eigenvalue weighted by molar-refractivity contribution is -0.139. The Hall–Kier alpha value is -3.93. The van der Waals surface area contributed by atoms with Gasteiger partial charge in [0.25, 0.3) is 0 Å². The van der Waals surface area contributed by atoms with Crippen molar-refractivity contribution in [3.05, 3.63) is 71.8 Å².